The second-order valence-electron chi connectivity index (χ2n) is 19.5. The number of carbonyl (C=O) groups excluding carboxylic acids is 3. The monoisotopic (exact) mass is 998 g/mol. The summed E-state index contributed by atoms with van der Waals surface area (Å²) in [7, 11) is 1.46. The summed E-state index contributed by atoms with van der Waals surface area (Å²) in [5.74, 6) is -6.30. The number of aliphatic carboxylic acids is 1. The highest BCUT2D eigenvalue weighted by atomic mass is 79.9. The van der Waals surface area contributed by atoms with Crippen molar-refractivity contribution in [3.05, 3.63) is 75.2 Å². The van der Waals surface area contributed by atoms with Crippen LogP contribution in [0.1, 0.15) is 108 Å². The Morgan fingerprint density at radius 2 is 1.66 bits per heavy atom. The molecule has 8 rings (SSSR count). The molecule has 2 bridgehead atoms. The summed E-state index contributed by atoms with van der Waals surface area (Å²) in [6, 6.07) is 3.42. The minimum atomic E-state index is -1.62. The fourth-order valence-electron chi connectivity index (χ4n) is 11.7. The molecule has 7 aliphatic rings. The van der Waals surface area contributed by atoms with E-state index in [-0.39, 0.29) is 48.2 Å². The van der Waals surface area contributed by atoms with Gasteiger partial charge in [-0.1, -0.05) is 66.1 Å². The molecule has 16 atom stereocenters. The third-order valence-corrected chi connectivity index (χ3v) is 16.3. The SMILES string of the molecule is COc1ccc(Br)c(C)c1C(=O)O[C@@H]1C[C@H](O[C@@H]2C(C)O[C@@H](O[C@H]3CCC[C@@H]4[C@@H]3C=C[C@H]3CCCC/C=C/[C@@H]5C=C(C(=O)O)[C@H](C)C[C@]56OC(=O)C(=C6O)OC(=O)[C@@]43C)C[C@H]2O)O[C@H](C)[C@H]1O. The van der Waals surface area contributed by atoms with Crippen LogP contribution in [0, 0.1) is 41.9 Å². The molecule has 0 radical (unpaired) electrons. The van der Waals surface area contributed by atoms with E-state index in [9.17, 15) is 39.6 Å². The van der Waals surface area contributed by atoms with Gasteiger partial charge in [-0.25, -0.2) is 14.4 Å². The number of rotatable bonds is 8. The van der Waals surface area contributed by atoms with Gasteiger partial charge >= 0.3 is 23.9 Å². The van der Waals surface area contributed by atoms with Crippen molar-refractivity contribution in [1.29, 1.82) is 0 Å². The topological polar surface area (TPSA) is 223 Å². The van der Waals surface area contributed by atoms with Gasteiger partial charge in [0.1, 0.15) is 29.6 Å². The molecule has 4 aliphatic heterocycles. The van der Waals surface area contributed by atoms with Crippen molar-refractivity contribution in [2.24, 2.45) is 35.0 Å². The molecule has 1 aromatic carbocycles. The molecule has 4 N–H and O–H groups in total. The van der Waals surface area contributed by atoms with Crippen molar-refractivity contribution in [2.75, 3.05) is 7.11 Å². The molecule has 3 fully saturated rings. The van der Waals surface area contributed by atoms with Crippen LogP contribution in [-0.2, 0) is 47.5 Å². The Bertz CT molecular complexity index is 2210. The average molecular weight is 1000 g/mol. The molecule has 3 aliphatic carbocycles. The highest BCUT2D eigenvalue weighted by molar-refractivity contribution is 9.10. The molecule has 4 heterocycles. The molecule has 0 aromatic heterocycles. The van der Waals surface area contributed by atoms with E-state index >= 15 is 0 Å². The van der Waals surface area contributed by atoms with E-state index in [2.05, 4.69) is 28.1 Å². The first-order chi connectivity index (χ1) is 31.9. The molecular formula is C50H63BrO16. The van der Waals surface area contributed by atoms with Gasteiger partial charge in [0.25, 0.3) is 5.76 Å². The van der Waals surface area contributed by atoms with Crippen LogP contribution in [0.4, 0.5) is 0 Å². The first-order valence-corrected chi connectivity index (χ1v) is 24.4. The number of allylic oxidation sites excluding steroid dienone is 2. The van der Waals surface area contributed by atoms with Crippen LogP contribution < -0.4 is 4.74 Å². The summed E-state index contributed by atoms with van der Waals surface area (Å²) >= 11 is 3.45. The number of carbonyl (C=O) groups is 4. The van der Waals surface area contributed by atoms with E-state index in [1.165, 1.54) is 13.2 Å². The number of aliphatic hydroxyl groups is 3. The second-order valence-corrected chi connectivity index (χ2v) is 20.4. The number of aliphatic hydroxyl groups excluding tert-OH is 3. The quantitative estimate of drug-likeness (QED) is 0.116. The Morgan fingerprint density at radius 1 is 0.910 bits per heavy atom. The molecule has 67 heavy (non-hydrogen) atoms. The van der Waals surface area contributed by atoms with Crippen molar-refractivity contribution in [2.45, 2.75) is 160 Å². The summed E-state index contributed by atoms with van der Waals surface area (Å²) in [5.41, 5.74) is -1.75. The standard InChI is InChI=1S/C50H63BrO16/c1-24-23-50-29(20-31(24)45(55)56)13-10-8-7-9-12-28-16-17-30-32(49(28,5)48(59)66-43(44(50)54)47(58)67-50)14-11-15-35(30)63-38-21-34(52)42(27(4)62-38)65-39-22-37(41(53)26(3)61-39)64-46(57)40-25(2)33(51)18-19-36(40)60-6/h10,13,16-20,24,26-30,32,34-35,37-39,41-42,52-54H,7-9,11-12,14-15,21-23H2,1-6H3,(H,55,56)/b13-10+/t24-,26-,27?,28-,29-,30+,32-,34-,35+,37-,38+,39+,41-,42-,49-,50+/m1/s1. The molecule has 17 heteroatoms. The van der Waals surface area contributed by atoms with Gasteiger partial charge in [-0.15, -0.1) is 0 Å². The number of carboxylic acids is 1. The lowest BCUT2D eigenvalue weighted by molar-refractivity contribution is -0.318. The molecule has 16 nitrogen and oxygen atoms in total. The highest BCUT2D eigenvalue weighted by Gasteiger charge is 2.60. The van der Waals surface area contributed by atoms with Crippen molar-refractivity contribution in [1.82, 2.24) is 0 Å². The van der Waals surface area contributed by atoms with Gasteiger partial charge in [-0.2, -0.15) is 0 Å². The number of fused-ring (bicyclic) bond motifs is 3. The Hall–Kier alpha value is -4.10. The Kier molecular flexibility index (Phi) is 14.5. The van der Waals surface area contributed by atoms with Gasteiger partial charge in [-0.3, -0.25) is 4.79 Å². The predicted octanol–water partition coefficient (Wildman–Crippen LogP) is 7.07. The van der Waals surface area contributed by atoms with Gasteiger partial charge in [0.2, 0.25) is 0 Å². The van der Waals surface area contributed by atoms with Gasteiger partial charge in [-0.05, 0) is 95.2 Å². The minimum Gasteiger partial charge on any atom is -0.505 e. The zero-order chi connectivity index (χ0) is 48.1. The van der Waals surface area contributed by atoms with E-state index in [4.69, 9.17) is 37.9 Å². The van der Waals surface area contributed by atoms with Crippen LogP contribution in [0.2, 0.25) is 0 Å². The molecule has 1 saturated carbocycles. The number of carboxylic acid groups (broad SMARTS) is 1. The number of methoxy groups -OCH3 is 1. The smallest absolute Gasteiger partial charge is 0.379 e. The van der Waals surface area contributed by atoms with Crippen LogP contribution in [0.25, 0.3) is 0 Å². The summed E-state index contributed by atoms with van der Waals surface area (Å²) in [6.07, 6.45) is 6.73. The van der Waals surface area contributed by atoms with E-state index in [0.717, 1.165) is 19.3 Å². The first-order valence-electron chi connectivity index (χ1n) is 23.6. The zero-order valence-electron chi connectivity index (χ0n) is 38.8. The molecular weight excluding hydrogens is 936 g/mol. The molecule has 2 saturated heterocycles. The third-order valence-electron chi connectivity index (χ3n) is 15.5. The largest absolute Gasteiger partial charge is 0.505 e. The van der Waals surface area contributed by atoms with E-state index in [1.807, 2.05) is 13.0 Å². The lowest BCUT2D eigenvalue weighted by Gasteiger charge is -2.51. The summed E-state index contributed by atoms with van der Waals surface area (Å²) in [4.78, 5) is 54.0. The Labute approximate surface area is 398 Å². The molecule has 1 unspecified atom stereocenters. The lowest BCUT2D eigenvalue weighted by Crippen LogP contribution is -2.56. The average Bonchev–Trinajstić information content (AvgIpc) is 3.50. The highest BCUT2D eigenvalue weighted by Crippen LogP contribution is 2.55. The fraction of sp³-hybridized carbons (Fsp3) is 0.640. The summed E-state index contributed by atoms with van der Waals surface area (Å²) in [5, 5.41) is 44.3. The maximum atomic E-state index is 14.8. The molecule has 0 amide bonds. The van der Waals surface area contributed by atoms with Gasteiger partial charge < -0.3 is 58.3 Å². The van der Waals surface area contributed by atoms with Crippen molar-refractivity contribution >= 4 is 39.8 Å². The normalized spacial score (nSPS) is 40.5. The molecule has 1 aromatic rings. The lowest BCUT2D eigenvalue weighted by atomic mass is 9.55. The maximum absolute atomic E-state index is 14.8. The van der Waals surface area contributed by atoms with Gasteiger partial charge in [0.05, 0.1) is 36.9 Å². The van der Waals surface area contributed by atoms with Crippen molar-refractivity contribution in [3.63, 3.8) is 0 Å². The van der Waals surface area contributed by atoms with E-state index in [0.29, 0.717) is 41.5 Å². The van der Waals surface area contributed by atoms with Crippen LogP contribution >= 0.6 is 15.9 Å². The van der Waals surface area contributed by atoms with Crippen LogP contribution in [0.15, 0.2) is 64.1 Å². The third kappa shape index (κ3) is 9.26. The molecule has 1 spiro atoms. The van der Waals surface area contributed by atoms with Gasteiger partial charge in [0, 0.05) is 41.1 Å². The number of ether oxygens (including phenoxy) is 8. The number of halogens is 1. The number of benzene rings is 1. The predicted molar refractivity (Wildman–Crippen MR) is 241 cm³/mol. The zero-order valence-corrected chi connectivity index (χ0v) is 40.3. The van der Waals surface area contributed by atoms with Crippen molar-refractivity contribution < 1.29 is 77.5 Å². The first kappa shape index (κ1) is 49.3. The number of hydrogen-bond donors (Lipinski definition) is 4. The van der Waals surface area contributed by atoms with Crippen LogP contribution in [0.3, 0.4) is 0 Å². The number of esters is 3. The van der Waals surface area contributed by atoms with E-state index in [1.54, 1.807) is 45.9 Å². The van der Waals surface area contributed by atoms with Crippen molar-refractivity contribution in [3.8, 4) is 5.75 Å². The summed E-state index contributed by atoms with van der Waals surface area (Å²) in [6.45, 7) is 8.74. The van der Waals surface area contributed by atoms with Crippen LogP contribution in [0.5, 0.6) is 5.75 Å². The summed E-state index contributed by atoms with van der Waals surface area (Å²) < 4.78 is 49.3. The molecule has 366 valence electrons. The Morgan fingerprint density at radius 3 is 2.39 bits per heavy atom. The maximum Gasteiger partial charge on any atom is 0.379 e. The van der Waals surface area contributed by atoms with Gasteiger partial charge in [0.15, 0.2) is 23.9 Å². The van der Waals surface area contributed by atoms with Crippen LogP contribution in [-0.4, -0.2) is 112 Å². The fourth-order valence-corrected chi connectivity index (χ4v) is 12.0. The second kappa shape index (κ2) is 19.7. The number of hydrogen-bond acceptors (Lipinski definition) is 15. The minimum absolute atomic E-state index is 0.00628. The van der Waals surface area contributed by atoms with E-state index < -0.39 is 114 Å². The Balaban J connectivity index is 0.952.